The normalized spacial score (nSPS) is 18.8. The van der Waals surface area contributed by atoms with Crippen molar-refractivity contribution in [3.63, 3.8) is 0 Å². The number of carboxylic acids is 1. The smallest absolute Gasteiger partial charge is 0.328 e. The zero-order chi connectivity index (χ0) is 14.0. The maximum Gasteiger partial charge on any atom is 0.328 e. The van der Waals surface area contributed by atoms with Crippen molar-refractivity contribution in [1.29, 1.82) is 0 Å². The number of nitrogens with zero attached hydrogens (tertiary/aromatic N) is 1. The summed E-state index contributed by atoms with van der Waals surface area (Å²) in [4.78, 5) is 49.2. The number of rotatable bonds is 2. The van der Waals surface area contributed by atoms with Crippen LogP contribution in [-0.2, 0) is 9.59 Å². The van der Waals surface area contributed by atoms with Crippen molar-refractivity contribution in [3.8, 4) is 0 Å². The Bertz CT molecular complexity index is 594. The number of carbonyl (C=O) groups is 3. The molecule has 0 saturated carbocycles. The standard InChI is InChI=1S/C11H11N3O5/c15-8-5-14(7(4-13-8)11(18)19)10(17)6-2-1-3-12-9(6)16/h1-3,7H,4-5H2,(H,12,16)(H,13,15)(H,18,19). The Morgan fingerprint density at radius 1 is 1.37 bits per heavy atom. The van der Waals surface area contributed by atoms with Crippen LogP contribution in [0.25, 0.3) is 0 Å². The average molecular weight is 265 g/mol. The van der Waals surface area contributed by atoms with Gasteiger partial charge in [0.05, 0.1) is 0 Å². The van der Waals surface area contributed by atoms with E-state index in [9.17, 15) is 19.2 Å². The molecule has 8 heteroatoms. The minimum atomic E-state index is -1.24. The molecule has 0 aliphatic carbocycles. The summed E-state index contributed by atoms with van der Waals surface area (Å²) >= 11 is 0. The van der Waals surface area contributed by atoms with E-state index in [1.54, 1.807) is 0 Å². The summed E-state index contributed by atoms with van der Waals surface area (Å²) in [5.74, 6) is -2.47. The highest BCUT2D eigenvalue weighted by molar-refractivity contribution is 5.99. The van der Waals surface area contributed by atoms with Gasteiger partial charge in [-0.25, -0.2) is 4.79 Å². The van der Waals surface area contributed by atoms with E-state index in [-0.39, 0.29) is 18.7 Å². The van der Waals surface area contributed by atoms with Gasteiger partial charge in [0.15, 0.2) is 0 Å². The third-order valence-corrected chi connectivity index (χ3v) is 2.78. The number of aliphatic carboxylic acids is 1. The lowest BCUT2D eigenvalue weighted by Crippen LogP contribution is -2.59. The van der Waals surface area contributed by atoms with Crippen LogP contribution in [-0.4, -0.2) is 51.9 Å². The van der Waals surface area contributed by atoms with Crippen LogP contribution in [0.1, 0.15) is 10.4 Å². The second-order valence-electron chi connectivity index (χ2n) is 4.00. The highest BCUT2D eigenvalue weighted by atomic mass is 16.4. The lowest BCUT2D eigenvalue weighted by molar-refractivity contribution is -0.144. The third-order valence-electron chi connectivity index (χ3n) is 2.78. The Kier molecular flexibility index (Phi) is 3.32. The first-order valence-corrected chi connectivity index (χ1v) is 5.49. The molecule has 1 saturated heterocycles. The predicted molar refractivity (Wildman–Crippen MR) is 62.5 cm³/mol. The van der Waals surface area contributed by atoms with Gasteiger partial charge in [-0.15, -0.1) is 0 Å². The number of piperazine rings is 1. The lowest BCUT2D eigenvalue weighted by Gasteiger charge is -2.32. The van der Waals surface area contributed by atoms with Crippen LogP contribution in [0.2, 0.25) is 0 Å². The number of hydrogen-bond acceptors (Lipinski definition) is 4. The Hall–Kier alpha value is -2.64. The van der Waals surface area contributed by atoms with Gasteiger partial charge in [0.25, 0.3) is 11.5 Å². The predicted octanol–water partition coefficient (Wildman–Crippen LogP) is -1.60. The number of nitrogens with one attached hydrogen (secondary N) is 2. The molecule has 1 aromatic heterocycles. The zero-order valence-electron chi connectivity index (χ0n) is 9.75. The quantitative estimate of drug-likeness (QED) is 0.595. The summed E-state index contributed by atoms with van der Waals surface area (Å²) in [7, 11) is 0. The molecule has 0 spiro atoms. The van der Waals surface area contributed by atoms with Crippen molar-refractivity contribution in [2.75, 3.05) is 13.1 Å². The summed E-state index contributed by atoms with van der Waals surface area (Å²) in [6.07, 6.45) is 1.36. The molecule has 8 nitrogen and oxygen atoms in total. The van der Waals surface area contributed by atoms with Gasteiger partial charge in [0, 0.05) is 12.7 Å². The van der Waals surface area contributed by atoms with E-state index in [4.69, 9.17) is 5.11 Å². The minimum absolute atomic E-state index is 0.176. The molecule has 0 radical (unpaired) electrons. The highest BCUT2D eigenvalue weighted by Crippen LogP contribution is 2.08. The van der Waals surface area contributed by atoms with E-state index < -0.39 is 29.4 Å². The fourth-order valence-electron chi connectivity index (χ4n) is 1.82. The first-order chi connectivity index (χ1) is 9.00. The van der Waals surface area contributed by atoms with E-state index in [1.807, 2.05) is 0 Å². The van der Waals surface area contributed by atoms with Crippen LogP contribution < -0.4 is 10.9 Å². The van der Waals surface area contributed by atoms with Crippen molar-refractivity contribution in [2.24, 2.45) is 0 Å². The Morgan fingerprint density at radius 2 is 2.11 bits per heavy atom. The van der Waals surface area contributed by atoms with Crippen LogP contribution in [0.5, 0.6) is 0 Å². The van der Waals surface area contributed by atoms with E-state index in [0.717, 1.165) is 4.90 Å². The fraction of sp³-hybridized carbons (Fsp3) is 0.273. The molecular formula is C11H11N3O5. The van der Waals surface area contributed by atoms with Crippen molar-refractivity contribution < 1.29 is 19.5 Å². The number of aromatic amines is 1. The second-order valence-corrected chi connectivity index (χ2v) is 4.00. The molecule has 2 rings (SSSR count). The number of H-pyrrole nitrogens is 1. The summed E-state index contributed by atoms with van der Waals surface area (Å²) in [5.41, 5.74) is -0.814. The number of hydrogen-bond donors (Lipinski definition) is 3. The van der Waals surface area contributed by atoms with Gasteiger partial charge in [-0.05, 0) is 12.1 Å². The molecular weight excluding hydrogens is 254 g/mol. The van der Waals surface area contributed by atoms with Crippen LogP contribution in [0.3, 0.4) is 0 Å². The molecule has 1 fully saturated rings. The van der Waals surface area contributed by atoms with Crippen LogP contribution in [0, 0.1) is 0 Å². The summed E-state index contributed by atoms with van der Waals surface area (Å²) < 4.78 is 0. The number of aromatic nitrogens is 1. The number of pyridine rings is 1. The Balaban J connectivity index is 2.34. The molecule has 19 heavy (non-hydrogen) atoms. The largest absolute Gasteiger partial charge is 0.480 e. The third kappa shape index (κ3) is 2.46. The first kappa shape index (κ1) is 12.8. The number of carbonyl (C=O) groups excluding carboxylic acids is 2. The molecule has 0 aromatic carbocycles. The summed E-state index contributed by atoms with van der Waals surface area (Å²) in [6, 6.07) is 1.56. The van der Waals surface area contributed by atoms with Crippen molar-refractivity contribution in [2.45, 2.75) is 6.04 Å². The van der Waals surface area contributed by atoms with Crippen molar-refractivity contribution in [3.05, 3.63) is 34.2 Å². The molecule has 2 heterocycles. The molecule has 2 amide bonds. The molecule has 1 aliphatic heterocycles. The number of carboxylic acid groups (broad SMARTS) is 1. The maximum absolute atomic E-state index is 12.1. The number of amides is 2. The lowest BCUT2D eigenvalue weighted by atomic mass is 10.1. The van der Waals surface area contributed by atoms with E-state index >= 15 is 0 Å². The molecule has 1 aliphatic rings. The van der Waals surface area contributed by atoms with Crippen molar-refractivity contribution in [1.82, 2.24) is 15.2 Å². The molecule has 1 aromatic rings. The first-order valence-electron chi connectivity index (χ1n) is 5.49. The Labute approximate surface area is 107 Å². The van der Waals surface area contributed by atoms with Crippen LogP contribution in [0.15, 0.2) is 23.1 Å². The van der Waals surface area contributed by atoms with E-state index in [2.05, 4.69) is 10.3 Å². The second kappa shape index (κ2) is 4.92. The monoisotopic (exact) mass is 265 g/mol. The van der Waals surface area contributed by atoms with Crippen LogP contribution in [0.4, 0.5) is 0 Å². The van der Waals surface area contributed by atoms with Gasteiger partial charge < -0.3 is 20.3 Å². The van der Waals surface area contributed by atoms with Gasteiger partial charge in [-0.2, -0.15) is 0 Å². The fourth-order valence-corrected chi connectivity index (χ4v) is 1.82. The van der Waals surface area contributed by atoms with Gasteiger partial charge in [0.2, 0.25) is 5.91 Å². The maximum atomic E-state index is 12.1. The van der Waals surface area contributed by atoms with Gasteiger partial charge >= 0.3 is 5.97 Å². The highest BCUT2D eigenvalue weighted by Gasteiger charge is 2.36. The van der Waals surface area contributed by atoms with E-state index in [1.165, 1.54) is 18.3 Å². The van der Waals surface area contributed by atoms with Crippen LogP contribution >= 0.6 is 0 Å². The minimum Gasteiger partial charge on any atom is -0.480 e. The summed E-state index contributed by atoms with van der Waals surface area (Å²) in [6.45, 7) is -0.561. The van der Waals surface area contributed by atoms with Crippen molar-refractivity contribution >= 4 is 17.8 Å². The zero-order valence-corrected chi connectivity index (χ0v) is 9.75. The molecule has 3 N–H and O–H groups in total. The van der Waals surface area contributed by atoms with Gasteiger partial charge in [0.1, 0.15) is 18.2 Å². The van der Waals surface area contributed by atoms with E-state index in [0.29, 0.717) is 0 Å². The SMILES string of the molecule is O=C1CN(C(=O)c2ccc[nH]c2=O)C(C(=O)O)CN1. The van der Waals surface area contributed by atoms with Gasteiger partial charge in [-0.1, -0.05) is 0 Å². The Morgan fingerprint density at radius 3 is 2.74 bits per heavy atom. The topological polar surface area (TPSA) is 120 Å². The molecule has 1 atom stereocenters. The molecule has 1 unspecified atom stereocenters. The average Bonchev–Trinajstić information content (AvgIpc) is 2.38. The molecule has 100 valence electrons. The molecule has 0 bridgehead atoms. The van der Waals surface area contributed by atoms with Gasteiger partial charge in [-0.3, -0.25) is 14.4 Å². The summed E-state index contributed by atoms with van der Waals surface area (Å²) in [5, 5.41) is 11.4.